The zero-order valence-electron chi connectivity index (χ0n) is 10.7. The van der Waals surface area contributed by atoms with E-state index >= 15 is 0 Å². The van der Waals surface area contributed by atoms with Gasteiger partial charge in [-0.05, 0) is 62.7 Å². The van der Waals surface area contributed by atoms with Gasteiger partial charge in [-0.1, -0.05) is 0 Å². The van der Waals surface area contributed by atoms with Crippen LogP contribution in [-0.2, 0) is 4.79 Å². The highest BCUT2D eigenvalue weighted by atomic mass is 16.3. The molecule has 18 heavy (non-hydrogen) atoms. The molecule has 0 aromatic carbocycles. The maximum absolute atomic E-state index is 12.1. The molecule has 0 aliphatic heterocycles. The Bertz CT molecular complexity index is 389. The number of rotatable bonds is 2. The van der Waals surface area contributed by atoms with Crippen LogP contribution in [0.3, 0.4) is 0 Å². The number of nitrogens with one attached hydrogen (secondary N) is 1. The Morgan fingerprint density at radius 2 is 1.78 bits per heavy atom. The van der Waals surface area contributed by atoms with Gasteiger partial charge in [0.25, 0.3) is 0 Å². The van der Waals surface area contributed by atoms with Crippen LogP contribution in [0.15, 0.2) is 0 Å². The predicted octanol–water partition coefficient (Wildman–Crippen LogP) is 0.533. The zero-order chi connectivity index (χ0) is 12.5. The van der Waals surface area contributed by atoms with Crippen LogP contribution in [0.1, 0.15) is 44.9 Å². The molecule has 0 saturated heterocycles. The van der Waals surface area contributed by atoms with Crippen LogP contribution in [0.2, 0.25) is 0 Å². The van der Waals surface area contributed by atoms with E-state index in [9.17, 15) is 9.90 Å². The molecule has 0 spiro atoms. The maximum Gasteiger partial charge on any atom is 0.240 e. The fourth-order valence-electron chi connectivity index (χ4n) is 4.87. The summed E-state index contributed by atoms with van der Waals surface area (Å²) in [7, 11) is 0. The quantitative estimate of drug-likeness (QED) is 0.669. The Morgan fingerprint density at radius 1 is 1.17 bits per heavy atom. The fraction of sp³-hybridized carbons (Fsp3) is 0.929. The molecule has 4 heteroatoms. The van der Waals surface area contributed by atoms with Gasteiger partial charge in [0.2, 0.25) is 5.91 Å². The molecule has 4 bridgehead atoms. The second-order valence-corrected chi connectivity index (χ2v) is 7.35. The van der Waals surface area contributed by atoms with Gasteiger partial charge in [0.15, 0.2) is 0 Å². The van der Waals surface area contributed by atoms with Crippen LogP contribution < -0.4 is 11.1 Å². The highest BCUT2D eigenvalue weighted by Gasteiger charge is 2.56. The molecule has 0 heterocycles. The molecule has 0 aromatic rings. The van der Waals surface area contributed by atoms with Crippen LogP contribution in [0.25, 0.3) is 0 Å². The van der Waals surface area contributed by atoms with Gasteiger partial charge in [-0.15, -0.1) is 0 Å². The number of hydrogen-bond acceptors (Lipinski definition) is 3. The number of carbonyl (C=O) groups is 1. The number of amides is 1. The lowest BCUT2D eigenvalue weighted by molar-refractivity contribution is -0.147. The van der Waals surface area contributed by atoms with Crippen molar-refractivity contribution < 1.29 is 9.90 Å². The molecule has 4 N–H and O–H groups in total. The zero-order valence-corrected chi connectivity index (χ0v) is 10.7. The third-order valence-corrected chi connectivity index (χ3v) is 5.78. The van der Waals surface area contributed by atoms with E-state index in [2.05, 4.69) is 5.32 Å². The summed E-state index contributed by atoms with van der Waals surface area (Å²) in [5, 5.41) is 13.7. The first-order valence-electron chi connectivity index (χ1n) is 7.30. The molecule has 5 saturated carbocycles. The second kappa shape index (κ2) is 3.28. The first kappa shape index (κ1) is 11.2. The first-order valence-corrected chi connectivity index (χ1v) is 7.30. The molecule has 1 amide bonds. The number of nitrogens with two attached hydrogens (primary N) is 1. The molecule has 5 rings (SSSR count). The van der Waals surface area contributed by atoms with Crippen molar-refractivity contribution in [1.29, 1.82) is 0 Å². The molecule has 0 aromatic heterocycles. The average molecular weight is 250 g/mol. The van der Waals surface area contributed by atoms with E-state index in [1.165, 1.54) is 12.8 Å². The molecule has 5 aliphatic rings. The second-order valence-electron chi connectivity index (χ2n) is 7.35. The molecule has 4 nitrogen and oxygen atoms in total. The summed E-state index contributed by atoms with van der Waals surface area (Å²) in [6.45, 7) is 0. The standard InChI is InChI=1S/C14H22N2O2/c15-14(1-2-14)12(17)16-11-9-3-8-4-10(11)7-13(18,5-8)6-9/h8-11,18H,1-7,15H2,(H,16,17). The highest BCUT2D eigenvalue weighted by Crippen LogP contribution is 2.55. The third kappa shape index (κ3) is 1.55. The lowest BCUT2D eigenvalue weighted by Gasteiger charge is -2.58. The summed E-state index contributed by atoms with van der Waals surface area (Å²) in [5.74, 6) is 1.69. The van der Waals surface area contributed by atoms with E-state index in [0.29, 0.717) is 17.8 Å². The van der Waals surface area contributed by atoms with Gasteiger partial charge in [-0.3, -0.25) is 4.79 Å². The van der Waals surface area contributed by atoms with E-state index in [-0.39, 0.29) is 11.9 Å². The normalized spacial score (nSPS) is 51.2. The van der Waals surface area contributed by atoms with Gasteiger partial charge in [0, 0.05) is 6.04 Å². The van der Waals surface area contributed by atoms with E-state index in [1.54, 1.807) is 0 Å². The van der Waals surface area contributed by atoms with Crippen molar-refractivity contribution in [3.63, 3.8) is 0 Å². The van der Waals surface area contributed by atoms with Crippen LogP contribution >= 0.6 is 0 Å². The third-order valence-electron chi connectivity index (χ3n) is 5.78. The predicted molar refractivity (Wildman–Crippen MR) is 66.6 cm³/mol. The smallest absolute Gasteiger partial charge is 0.240 e. The van der Waals surface area contributed by atoms with Crippen molar-refractivity contribution >= 4 is 5.91 Å². The Hall–Kier alpha value is -0.610. The van der Waals surface area contributed by atoms with E-state index in [0.717, 1.165) is 32.1 Å². The Morgan fingerprint density at radius 3 is 2.28 bits per heavy atom. The average Bonchev–Trinajstić information content (AvgIpc) is 3.00. The van der Waals surface area contributed by atoms with Crippen molar-refractivity contribution in [2.45, 2.75) is 62.1 Å². The Labute approximate surface area is 107 Å². The van der Waals surface area contributed by atoms with E-state index in [1.807, 2.05) is 0 Å². The topological polar surface area (TPSA) is 75.4 Å². The number of hydrogen-bond donors (Lipinski definition) is 3. The fourth-order valence-corrected chi connectivity index (χ4v) is 4.87. The van der Waals surface area contributed by atoms with Crippen molar-refractivity contribution in [3.8, 4) is 0 Å². The van der Waals surface area contributed by atoms with E-state index in [4.69, 9.17) is 5.73 Å². The van der Waals surface area contributed by atoms with Crippen molar-refractivity contribution in [1.82, 2.24) is 5.32 Å². The summed E-state index contributed by atoms with van der Waals surface area (Å²) < 4.78 is 0. The minimum atomic E-state index is -0.564. The van der Waals surface area contributed by atoms with Gasteiger partial charge in [0.1, 0.15) is 0 Å². The summed E-state index contributed by atoms with van der Waals surface area (Å²) in [4.78, 5) is 12.1. The Balaban J connectivity index is 1.51. The monoisotopic (exact) mass is 250 g/mol. The summed E-state index contributed by atoms with van der Waals surface area (Å²) in [5.41, 5.74) is 4.98. The largest absolute Gasteiger partial charge is 0.390 e. The molecular formula is C14H22N2O2. The molecule has 0 radical (unpaired) electrons. The van der Waals surface area contributed by atoms with Crippen LogP contribution in [0, 0.1) is 17.8 Å². The lowest BCUT2D eigenvalue weighted by Crippen LogP contribution is -2.63. The molecule has 2 unspecified atom stereocenters. The van der Waals surface area contributed by atoms with Gasteiger partial charge in [-0.25, -0.2) is 0 Å². The van der Waals surface area contributed by atoms with Crippen molar-refractivity contribution in [2.24, 2.45) is 23.5 Å². The lowest BCUT2D eigenvalue weighted by atomic mass is 9.52. The van der Waals surface area contributed by atoms with Crippen LogP contribution in [0.5, 0.6) is 0 Å². The van der Waals surface area contributed by atoms with Crippen molar-refractivity contribution in [3.05, 3.63) is 0 Å². The summed E-state index contributed by atoms with van der Waals surface area (Å²) in [6.07, 6.45) is 6.76. The molecule has 2 atom stereocenters. The minimum Gasteiger partial charge on any atom is -0.390 e. The van der Waals surface area contributed by atoms with E-state index < -0.39 is 11.1 Å². The van der Waals surface area contributed by atoms with Crippen LogP contribution in [0.4, 0.5) is 0 Å². The summed E-state index contributed by atoms with van der Waals surface area (Å²) in [6, 6.07) is 0.273. The molecular weight excluding hydrogens is 228 g/mol. The van der Waals surface area contributed by atoms with Crippen molar-refractivity contribution in [2.75, 3.05) is 0 Å². The van der Waals surface area contributed by atoms with Crippen LogP contribution in [-0.4, -0.2) is 28.2 Å². The van der Waals surface area contributed by atoms with Gasteiger partial charge in [0.05, 0.1) is 11.1 Å². The van der Waals surface area contributed by atoms with Gasteiger partial charge in [-0.2, -0.15) is 0 Å². The minimum absolute atomic E-state index is 0.0481. The summed E-state index contributed by atoms with van der Waals surface area (Å²) >= 11 is 0. The highest BCUT2D eigenvalue weighted by molar-refractivity contribution is 5.89. The number of aliphatic hydroxyl groups is 1. The first-order chi connectivity index (χ1) is 8.47. The van der Waals surface area contributed by atoms with Gasteiger partial charge < -0.3 is 16.2 Å². The molecule has 5 aliphatic carbocycles. The SMILES string of the molecule is NC1(C(=O)NC2C3CC4CC2CC(O)(C4)C3)CC1. The molecule has 100 valence electrons. The molecule has 5 fully saturated rings. The maximum atomic E-state index is 12.1. The Kier molecular flexibility index (Phi) is 2.05. The number of carbonyl (C=O) groups excluding carboxylic acids is 1. The van der Waals surface area contributed by atoms with Gasteiger partial charge >= 0.3 is 0 Å².